The number of aryl methyl sites for hydroxylation is 3. The quantitative estimate of drug-likeness (QED) is 0.366. The molecule has 0 bridgehead atoms. The third kappa shape index (κ3) is 8.57. The Kier molecular flexibility index (Phi) is 10.4. The van der Waals surface area contributed by atoms with E-state index >= 15 is 0 Å². The molecule has 0 heterocycles. The molecular formula is C32H47N3O4. The lowest BCUT2D eigenvalue weighted by Crippen LogP contribution is -2.60. The molecule has 214 valence electrons. The van der Waals surface area contributed by atoms with Gasteiger partial charge in [-0.1, -0.05) is 68.3 Å². The number of nitrogens with zero attached hydrogens (tertiary/aromatic N) is 1. The Bertz CT molecular complexity index is 1160. The van der Waals surface area contributed by atoms with E-state index in [1.54, 1.807) is 25.7 Å². The maximum absolute atomic E-state index is 14.5. The van der Waals surface area contributed by atoms with Crippen molar-refractivity contribution in [2.75, 3.05) is 5.32 Å². The van der Waals surface area contributed by atoms with Crippen LogP contribution in [-0.2, 0) is 14.3 Å². The third-order valence-electron chi connectivity index (χ3n) is 6.83. The van der Waals surface area contributed by atoms with Gasteiger partial charge in [0.15, 0.2) is 0 Å². The van der Waals surface area contributed by atoms with Crippen molar-refractivity contribution in [1.29, 1.82) is 0 Å². The summed E-state index contributed by atoms with van der Waals surface area (Å²) in [5.41, 5.74) is 2.88. The first kappa shape index (κ1) is 31.9. The van der Waals surface area contributed by atoms with Gasteiger partial charge in [0, 0.05) is 11.2 Å². The van der Waals surface area contributed by atoms with Gasteiger partial charge in [-0.15, -0.1) is 0 Å². The Morgan fingerprint density at radius 2 is 1.49 bits per heavy atom. The second-order valence-electron chi connectivity index (χ2n) is 12.4. The van der Waals surface area contributed by atoms with Crippen LogP contribution in [0.3, 0.4) is 0 Å². The molecule has 2 rings (SSSR count). The SMILES string of the molecule is CCC(C)(C)N(C(=O)C(NC(=O)OC(C)(C)C)C(C)C)C(C(=O)Nc1ccccc1C)c1cc(C)cc(C)c1. The van der Waals surface area contributed by atoms with Crippen LogP contribution in [0.15, 0.2) is 42.5 Å². The van der Waals surface area contributed by atoms with E-state index in [2.05, 4.69) is 10.6 Å². The molecule has 2 atom stereocenters. The van der Waals surface area contributed by atoms with Gasteiger partial charge >= 0.3 is 6.09 Å². The highest BCUT2D eigenvalue weighted by atomic mass is 16.6. The maximum Gasteiger partial charge on any atom is 0.408 e. The number of rotatable bonds is 9. The summed E-state index contributed by atoms with van der Waals surface area (Å²) < 4.78 is 5.48. The first-order chi connectivity index (χ1) is 18.0. The minimum atomic E-state index is -0.938. The molecule has 0 spiro atoms. The van der Waals surface area contributed by atoms with E-state index < -0.39 is 29.3 Å². The van der Waals surface area contributed by atoms with Gasteiger partial charge in [0.2, 0.25) is 5.91 Å². The molecule has 2 aromatic carbocycles. The average molecular weight is 538 g/mol. The first-order valence-corrected chi connectivity index (χ1v) is 13.7. The standard InChI is InChI=1S/C32H47N3O4/c1-12-32(10,11)35(29(37)26(20(2)3)34-30(38)39-31(7,8)9)27(24-18-21(4)17-22(5)19-24)28(36)33-25-16-14-13-15-23(25)6/h13-20,26-27H,12H2,1-11H3,(H,33,36)(H,34,38). The summed E-state index contributed by atoms with van der Waals surface area (Å²) in [4.78, 5) is 43.1. The van der Waals surface area contributed by atoms with Crippen LogP contribution in [0.5, 0.6) is 0 Å². The minimum Gasteiger partial charge on any atom is -0.444 e. The molecule has 0 aliphatic heterocycles. The van der Waals surface area contributed by atoms with Crippen LogP contribution in [-0.4, -0.2) is 40.0 Å². The van der Waals surface area contributed by atoms with E-state index in [1.165, 1.54) is 0 Å². The monoisotopic (exact) mass is 537 g/mol. The molecule has 2 aromatic rings. The lowest BCUT2D eigenvalue weighted by Gasteiger charge is -2.45. The highest BCUT2D eigenvalue weighted by molar-refractivity contribution is 5.99. The predicted octanol–water partition coefficient (Wildman–Crippen LogP) is 6.86. The van der Waals surface area contributed by atoms with E-state index in [-0.39, 0.29) is 17.7 Å². The number of anilines is 1. The van der Waals surface area contributed by atoms with E-state index in [9.17, 15) is 14.4 Å². The Balaban J connectivity index is 2.69. The van der Waals surface area contributed by atoms with Gasteiger partial charge < -0.3 is 20.3 Å². The number of hydrogen-bond donors (Lipinski definition) is 2. The number of benzene rings is 2. The van der Waals surface area contributed by atoms with Gasteiger partial charge in [0.05, 0.1) is 0 Å². The smallest absolute Gasteiger partial charge is 0.408 e. The van der Waals surface area contributed by atoms with Crippen LogP contribution in [0.4, 0.5) is 10.5 Å². The zero-order valence-corrected chi connectivity index (χ0v) is 25.6. The molecule has 3 amide bonds. The van der Waals surface area contributed by atoms with Gasteiger partial charge in [-0.2, -0.15) is 0 Å². The zero-order valence-electron chi connectivity index (χ0n) is 25.6. The van der Waals surface area contributed by atoms with Gasteiger partial charge in [-0.25, -0.2) is 4.79 Å². The largest absolute Gasteiger partial charge is 0.444 e. The molecule has 0 saturated heterocycles. The van der Waals surface area contributed by atoms with Crippen LogP contribution in [0.1, 0.15) is 90.1 Å². The predicted molar refractivity (Wildman–Crippen MR) is 158 cm³/mol. The van der Waals surface area contributed by atoms with Crippen LogP contribution >= 0.6 is 0 Å². The summed E-state index contributed by atoms with van der Waals surface area (Å²) in [7, 11) is 0. The molecule has 0 aliphatic carbocycles. The Hall–Kier alpha value is -3.35. The van der Waals surface area contributed by atoms with Gasteiger partial charge in [-0.05, 0) is 84.9 Å². The number of alkyl carbamates (subject to hydrolysis) is 1. The zero-order chi connectivity index (χ0) is 29.7. The molecule has 0 aromatic heterocycles. The molecule has 2 unspecified atom stereocenters. The van der Waals surface area contributed by atoms with Crippen molar-refractivity contribution in [1.82, 2.24) is 10.2 Å². The maximum atomic E-state index is 14.5. The summed E-state index contributed by atoms with van der Waals surface area (Å²) in [6.45, 7) is 20.8. The molecule has 7 heteroatoms. The normalized spacial score (nSPS) is 13.4. The van der Waals surface area contributed by atoms with Crippen molar-refractivity contribution in [2.24, 2.45) is 5.92 Å². The first-order valence-electron chi connectivity index (χ1n) is 13.7. The molecule has 7 nitrogen and oxygen atoms in total. The number of nitrogens with one attached hydrogen (secondary N) is 2. The molecule has 0 fully saturated rings. The van der Waals surface area contributed by atoms with E-state index in [0.29, 0.717) is 17.7 Å². The van der Waals surface area contributed by atoms with Crippen molar-refractivity contribution >= 4 is 23.6 Å². The summed E-state index contributed by atoms with van der Waals surface area (Å²) in [6.07, 6.45) is -0.0781. The summed E-state index contributed by atoms with van der Waals surface area (Å²) in [6, 6.07) is 11.7. The Morgan fingerprint density at radius 3 is 1.97 bits per heavy atom. The highest BCUT2D eigenvalue weighted by Crippen LogP contribution is 2.34. The summed E-state index contributed by atoms with van der Waals surface area (Å²) in [5, 5.41) is 5.87. The fourth-order valence-corrected chi connectivity index (χ4v) is 4.54. The lowest BCUT2D eigenvalue weighted by atomic mass is 9.89. The lowest BCUT2D eigenvalue weighted by molar-refractivity contribution is -0.148. The van der Waals surface area contributed by atoms with Crippen LogP contribution < -0.4 is 10.6 Å². The molecule has 0 saturated carbocycles. The number of carbonyl (C=O) groups excluding carboxylic acids is 3. The van der Waals surface area contributed by atoms with Crippen molar-refractivity contribution in [3.63, 3.8) is 0 Å². The summed E-state index contributed by atoms with van der Waals surface area (Å²) >= 11 is 0. The van der Waals surface area contributed by atoms with Crippen LogP contribution in [0.2, 0.25) is 0 Å². The molecule has 2 N–H and O–H groups in total. The number of amides is 3. The fourth-order valence-electron chi connectivity index (χ4n) is 4.54. The highest BCUT2D eigenvalue weighted by Gasteiger charge is 2.44. The third-order valence-corrected chi connectivity index (χ3v) is 6.83. The number of hydrogen-bond acceptors (Lipinski definition) is 4. The number of para-hydroxylation sites is 1. The van der Waals surface area contributed by atoms with E-state index in [1.807, 2.05) is 97.9 Å². The van der Waals surface area contributed by atoms with Crippen molar-refractivity contribution in [2.45, 2.75) is 106 Å². The van der Waals surface area contributed by atoms with Crippen molar-refractivity contribution < 1.29 is 19.1 Å². The van der Waals surface area contributed by atoms with Gasteiger partial charge in [0.25, 0.3) is 5.91 Å². The van der Waals surface area contributed by atoms with Crippen LogP contribution in [0.25, 0.3) is 0 Å². The van der Waals surface area contributed by atoms with E-state index in [0.717, 1.165) is 16.7 Å². The average Bonchev–Trinajstić information content (AvgIpc) is 2.79. The second kappa shape index (κ2) is 12.7. The molecule has 39 heavy (non-hydrogen) atoms. The number of carbonyl (C=O) groups is 3. The number of ether oxygens (including phenoxy) is 1. The van der Waals surface area contributed by atoms with Gasteiger partial charge in [-0.3, -0.25) is 9.59 Å². The summed E-state index contributed by atoms with van der Waals surface area (Å²) in [5.74, 6) is -0.907. The molecular weight excluding hydrogens is 490 g/mol. The van der Waals surface area contributed by atoms with Crippen LogP contribution in [0, 0.1) is 26.7 Å². The Labute approximate surface area is 234 Å². The van der Waals surface area contributed by atoms with Gasteiger partial charge in [0.1, 0.15) is 17.7 Å². The fraction of sp³-hybridized carbons (Fsp3) is 0.531. The van der Waals surface area contributed by atoms with E-state index in [4.69, 9.17) is 4.74 Å². The molecule has 0 radical (unpaired) electrons. The van der Waals surface area contributed by atoms with Crippen molar-refractivity contribution in [3.8, 4) is 0 Å². The topological polar surface area (TPSA) is 87.7 Å². The molecule has 0 aliphatic rings. The second-order valence-corrected chi connectivity index (χ2v) is 12.4. The minimum absolute atomic E-state index is 0.250. The van der Waals surface area contributed by atoms with Crippen molar-refractivity contribution in [3.05, 3.63) is 64.7 Å². The Morgan fingerprint density at radius 1 is 0.923 bits per heavy atom.